The van der Waals surface area contributed by atoms with E-state index in [1.165, 1.54) is 193 Å². The van der Waals surface area contributed by atoms with Crippen LogP contribution in [0.25, 0.3) is 0 Å². The van der Waals surface area contributed by atoms with Crippen molar-refractivity contribution in [2.24, 2.45) is 0 Å². The first kappa shape index (κ1) is 86.7. The molecule has 9 heteroatoms. The van der Waals surface area contributed by atoms with Crippen molar-refractivity contribution < 1.29 is 42.9 Å². The van der Waals surface area contributed by atoms with Crippen LogP contribution in [0.2, 0.25) is 0 Å². The van der Waals surface area contributed by atoms with Gasteiger partial charge in [0.2, 0.25) is 0 Å². The average Bonchev–Trinajstić information content (AvgIpc) is 3.46. The summed E-state index contributed by atoms with van der Waals surface area (Å²) in [5.41, 5.74) is 0. The summed E-state index contributed by atoms with van der Waals surface area (Å²) in [5, 5.41) is 11.8. The van der Waals surface area contributed by atoms with Crippen LogP contribution >= 0.6 is 0 Å². The number of carboxylic acids is 1. The van der Waals surface area contributed by atoms with Gasteiger partial charge < -0.3 is 33.3 Å². The largest absolute Gasteiger partial charge is 0.545 e. The Morgan fingerprint density at radius 1 is 0.341 bits per heavy atom. The molecule has 2 atom stereocenters. The molecule has 0 radical (unpaired) electrons. The molecule has 0 aromatic rings. The number of aliphatic carboxylic acids is 1. The minimum Gasteiger partial charge on any atom is -0.545 e. The van der Waals surface area contributed by atoms with Crippen LogP contribution in [0.4, 0.5) is 0 Å². The monoisotopic (exact) mass is 1270 g/mol. The third-order valence-electron chi connectivity index (χ3n) is 16.2. The van der Waals surface area contributed by atoms with E-state index in [0.717, 1.165) is 96.3 Å². The fraction of sp³-hybridized carbons (Fsp3) is 0.720. The maximum atomic E-state index is 12.9. The van der Waals surface area contributed by atoms with Gasteiger partial charge in [-0.25, -0.2) is 0 Å². The predicted octanol–water partition coefficient (Wildman–Crippen LogP) is 22.6. The van der Waals surface area contributed by atoms with Gasteiger partial charge in [-0.05, 0) is 89.9 Å². The number of allylic oxidation sites excluding steroid dienone is 20. The Kier molecular flexibility index (Phi) is 68.1. The van der Waals surface area contributed by atoms with E-state index in [2.05, 4.69) is 135 Å². The number of hydrogen-bond acceptors (Lipinski definition) is 8. The summed E-state index contributed by atoms with van der Waals surface area (Å²) in [5.74, 6) is -2.34. The number of carbonyl (C=O) groups excluding carboxylic acids is 3. The van der Waals surface area contributed by atoms with Gasteiger partial charge >= 0.3 is 11.9 Å². The zero-order chi connectivity index (χ0) is 66.1. The second-order valence-electron chi connectivity index (χ2n) is 26.2. The van der Waals surface area contributed by atoms with Crippen molar-refractivity contribution in [1.29, 1.82) is 0 Å². The molecule has 91 heavy (non-hydrogen) atoms. The first-order valence-corrected chi connectivity index (χ1v) is 37.7. The molecule has 0 spiro atoms. The number of hydrogen-bond donors (Lipinski definition) is 0. The standard InChI is InChI=1S/C82H141NO8/c1-6-8-10-12-14-16-18-20-22-24-26-28-30-32-34-36-38-40-42-44-46-48-50-52-54-56-58-60-62-64-66-68-70-72-79(84)89-76-78(77-90-82(81(86)87)88-75-74-83(3,4)5)91-80(85)73-71-69-67-65-63-61-59-57-55-53-51-49-47-45-43-41-39-37-35-33-31-29-27-25-23-21-19-17-15-13-11-9-7-2/h9,11,15,17,21,23,27,29,33,35,39,41,45,47,51,53,57,59,63,65,78,82H,6-8,10,12-14,16,18-20,22,24-26,28,30-32,34,36-38,40,42-44,46,48-50,52,54-56,58,60-62,64,66-77H2,1-5H3/b11-9-,17-15-,23-21-,29-27-,35-33-,41-39-,47-45-,53-51-,59-57-,65-63-. The summed E-state index contributed by atoms with van der Waals surface area (Å²) < 4.78 is 22.8. The lowest BCUT2D eigenvalue weighted by Gasteiger charge is -2.26. The van der Waals surface area contributed by atoms with Gasteiger partial charge in [0.15, 0.2) is 12.4 Å². The number of nitrogens with zero attached hydrogens (tertiary/aromatic N) is 1. The Morgan fingerprint density at radius 2 is 0.626 bits per heavy atom. The molecule has 2 unspecified atom stereocenters. The van der Waals surface area contributed by atoms with Crippen molar-refractivity contribution in [3.63, 3.8) is 0 Å². The van der Waals surface area contributed by atoms with Crippen LogP contribution in [0.1, 0.15) is 322 Å². The van der Waals surface area contributed by atoms with E-state index < -0.39 is 24.3 Å². The van der Waals surface area contributed by atoms with Gasteiger partial charge in [-0.3, -0.25) is 9.59 Å². The molecule has 0 aliphatic rings. The van der Waals surface area contributed by atoms with E-state index in [0.29, 0.717) is 17.4 Å². The Morgan fingerprint density at radius 3 is 0.934 bits per heavy atom. The maximum Gasteiger partial charge on any atom is 0.306 e. The molecule has 0 bridgehead atoms. The van der Waals surface area contributed by atoms with Gasteiger partial charge in [0.1, 0.15) is 13.2 Å². The highest BCUT2D eigenvalue weighted by Gasteiger charge is 2.22. The topological polar surface area (TPSA) is 111 Å². The molecule has 0 saturated carbocycles. The molecular formula is C82H141NO8. The van der Waals surface area contributed by atoms with Gasteiger partial charge in [-0.15, -0.1) is 0 Å². The molecule has 0 amide bonds. The quantitative estimate of drug-likeness (QED) is 0.0195. The number of rotatable bonds is 69. The van der Waals surface area contributed by atoms with E-state index >= 15 is 0 Å². The van der Waals surface area contributed by atoms with Crippen molar-refractivity contribution >= 4 is 17.9 Å². The summed E-state index contributed by atoms with van der Waals surface area (Å²) in [7, 11) is 5.91. The second-order valence-corrected chi connectivity index (χ2v) is 26.2. The van der Waals surface area contributed by atoms with Gasteiger partial charge in [0.05, 0.1) is 40.3 Å². The molecule has 0 aliphatic carbocycles. The number of quaternary nitrogens is 1. The third-order valence-corrected chi connectivity index (χ3v) is 16.2. The fourth-order valence-corrected chi connectivity index (χ4v) is 10.5. The smallest absolute Gasteiger partial charge is 0.306 e. The van der Waals surface area contributed by atoms with Crippen molar-refractivity contribution in [2.45, 2.75) is 334 Å². The lowest BCUT2D eigenvalue weighted by molar-refractivity contribution is -0.870. The molecule has 522 valence electrons. The number of esters is 2. The molecule has 0 aromatic carbocycles. The number of unbranched alkanes of at least 4 members (excludes halogenated alkanes) is 34. The van der Waals surface area contributed by atoms with Gasteiger partial charge in [-0.2, -0.15) is 0 Å². The van der Waals surface area contributed by atoms with E-state index in [4.69, 9.17) is 18.9 Å². The Bertz CT molecular complexity index is 1910. The van der Waals surface area contributed by atoms with E-state index in [1.54, 1.807) is 0 Å². The van der Waals surface area contributed by atoms with Gasteiger partial charge in [0, 0.05) is 12.8 Å². The Labute approximate surface area is 561 Å². The van der Waals surface area contributed by atoms with Crippen molar-refractivity contribution in [3.8, 4) is 0 Å². The first-order valence-electron chi connectivity index (χ1n) is 37.7. The van der Waals surface area contributed by atoms with Crippen molar-refractivity contribution in [3.05, 3.63) is 122 Å². The molecule has 0 N–H and O–H groups in total. The number of carboxylic acid groups (broad SMARTS) is 1. The molecular weight excluding hydrogens is 1130 g/mol. The highest BCUT2D eigenvalue weighted by Crippen LogP contribution is 2.18. The molecule has 0 heterocycles. The van der Waals surface area contributed by atoms with Crippen LogP contribution in [0.3, 0.4) is 0 Å². The molecule has 0 saturated heterocycles. The summed E-state index contributed by atoms with van der Waals surface area (Å²) in [6, 6.07) is 0. The molecule has 0 aliphatic heterocycles. The van der Waals surface area contributed by atoms with E-state index in [9.17, 15) is 19.5 Å². The normalized spacial score (nSPS) is 13.4. The molecule has 0 fully saturated rings. The summed E-state index contributed by atoms with van der Waals surface area (Å²) in [4.78, 5) is 37.5. The summed E-state index contributed by atoms with van der Waals surface area (Å²) in [6.07, 6.45) is 98.9. The Hall–Kier alpha value is -4.31. The lowest BCUT2D eigenvalue weighted by Crippen LogP contribution is -2.44. The van der Waals surface area contributed by atoms with Crippen LogP contribution in [0.5, 0.6) is 0 Å². The van der Waals surface area contributed by atoms with Crippen LogP contribution in [-0.2, 0) is 33.3 Å². The average molecular weight is 1270 g/mol. The maximum absolute atomic E-state index is 12.9. The first-order chi connectivity index (χ1) is 44.6. The minimum absolute atomic E-state index is 0.134. The zero-order valence-electron chi connectivity index (χ0n) is 59.7. The van der Waals surface area contributed by atoms with Crippen LogP contribution < -0.4 is 5.11 Å². The number of ether oxygens (including phenoxy) is 4. The lowest BCUT2D eigenvalue weighted by atomic mass is 10.0. The second kappa shape index (κ2) is 71.5. The number of likely N-dealkylation sites (N-methyl/N-ethyl adjacent to an activating group) is 1. The van der Waals surface area contributed by atoms with Crippen LogP contribution in [0, 0.1) is 0 Å². The molecule has 0 rings (SSSR count). The molecule has 9 nitrogen and oxygen atoms in total. The van der Waals surface area contributed by atoms with Crippen molar-refractivity contribution in [1.82, 2.24) is 0 Å². The molecule has 0 aromatic heterocycles. The fourth-order valence-electron chi connectivity index (χ4n) is 10.5. The van der Waals surface area contributed by atoms with E-state index in [-0.39, 0.29) is 38.6 Å². The van der Waals surface area contributed by atoms with Crippen molar-refractivity contribution in [2.75, 3.05) is 47.5 Å². The zero-order valence-corrected chi connectivity index (χ0v) is 59.7. The third kappa shape index (κ3) is 73.0. The highest BCUT2D eigenvalue weighted by molar-refractivity contribution is 5.70. The summed E-state index contributed by atoms with van der Waals surface area (Å²) in [6.45, 7) is 4.61. The van der Waals surface area contributed by atoms with E-state index in [1.807, 2.05) is 21.1 Å². The summed E-state index contributed by atoms with van der Waals surface area (Å²) >= 11 is 0. The highest BCUT2D eigenvalue weighted by atomic mass is 16.7. The number of carbonyl (C=O) groups is 3. The van der Waals surface area contributed by atoms with Gasteiger partial charge in [-0.1, -0.05) is 341 Å². The van der Waals surface area contributed by atoms with Gasteiger partial charge in [0.25, 0.3) is 0 Å². The van der Waals surface area contributed by atoms with Crippen LogP contribution in [-0.4, -0.2) is 82.3 Å². The Balaban J connectivity index is 4.16. The van der Waals surface area contributed by atoms with Crippen LogP contribution in [0.15, 0.2) is 122 Å². The minimum atomic E-state index is -1.64. The SMILES string of the molecule is CC/C=C\C/C=C\C/C=C\C/C=C\C/C=C\C/C=C\C/C=C\C/C=C\C/C=C\C/C=C\CCCCC(=O)OC(COC(=O)CCCCCCCCCCCCCCCCCCCCCCCCCCCCCCCCCCC)COC(OCC[N+](C)(C)C)C(=O)[O-]. The predicted molar refractivity (Wildman–Crippen MR) is 389 cm³/mol.